The maximum atomic E-state index is 12.7. The quantitative estimate of drug-likeness (QED) is 0.859. The van der Waals surface area contributed by atoms with Gasteiger partial charge in [-0.15, -0.1) is 0 Å². The first-order chi connectivity index (χ1) is 10.9. The monoisotopic (exact) mass is 396 g/mol. The minimum atomic E-state index is -3.62. The highest BCUT2D eigenvalue weighted by molar-refractivity contribution is 9.10. The Morgan fingerprint density at radius 3 is 2.57 bits per heavy atom. The van der Waals surface area contributed by atoms with E-state index in [2.05, 4.69) is 20.9 Å². The van der Waals surface area contributed by atoms with Crippen molar-refractivity contribution in [3.05, 3.63) is 57.8 Å². The lowest BCUT2D eigenvalue weighted by Gasteiger charge is -2.28. The summed E-state index contributed by atoms with van der Waals surface area (Å²) >= 11 is 3.28. The summed E-state index contributed by atoms with van der Waals surface area (Å²) in [6.07, 6.45) is 3.19. The lowest BCUT2D eigenvalue weighted by Crippen LogP contribution is -2.36. The normalized spacial score (nSPS) is 15.2. The third-order valence-electron chi connectivity index (χ3n) is 3.79. The number of benzene rings is 1. The van der Waals surface area contributed by atoms with E-state index in [0.717, 1.165) is 4.47 Å². The fraction of sp³-hybridized carbons (Fsp3) is 0.200. The molecule has 0 bridgehead atoms. The van der Waals surface area contributed by atoms with Crippen molar-refractivity contribution >= 4 is 31.9 Å². The number of carboxylic acids is 1. The second kappa shape index (κ2) is 6.03. The van der Waals surface area contributed by atoms with Crippen LogP contribution in [0, 0.1) is 0 Å². The average molecular weight is 397 g/mol. The number of nitrogens with zero attached hydrogens (tertiary/aromatic N) is 2. The Bertz CT molecular complexity index is 866. The van der Waals surface area contributed by atoms with Crippen molar-refractivity contribution in [3.63, 3.8) is 0 Å². The fourth-order valence-corrected chi connectivity index (χ4v) is 4.30. The lowest BCUT2D eigenvalue weighted by atomic mass is 9.98. The van der Waals surface area contributed by atoms with Gasteiger partial charge in [-0.3, -0.25) is 4.98 Å². The molecule has 0 saturated heterocycles. The Morgan fingerprint density at radius 1 is 1.22 bits per heavy atom. The predicted molar refractivity (Wildman–Crippen MR) is 86.6 cm³/mol. The number of aromatic nitrogens is 1. The maximum Gasteiger partial charge on any atom is 0.337 e. The number of rotatable bonds is 3. The van der Waals surface area contributed by atoms with Crippen LogP contribution in [0.4, 0.5) is 0 Å². The van der Waals surface area contributed by atoms with E-state index in [1.54, 1.807) is 24.3 Å². The first-order valence-electron chi connectivity index (χ1n) is 6.84. The third-order valence-corrected chi connectivity index (χ3v) is 6.17. The number of sulfonamides is 1. The zero-order valence-corrected chi connectivity index (χ0v) is 14.3. The summed E-state index contributed by atoms with van der Waals surface area (Å²) in [6.45, 7) is 0.373. The number of pyridine rings is 1. The highest BCUT2D eigenvalue weighted by Crippen LogP contribution is 2.27. The Hall–Kier alpha value is -1.77. The lowest BCUT2D eigenvalue weighted by molar-refractivity contribution is 0.0694. The molecule has 8 heteroatoms. The van der Waals surface area contributed by atoms with Crippen molar-refractivity contribution in [2.45, 2.75) is 17.9 Å². The summed E-state index contributed by atoms with van der Waals surface area (Å²) < 4.78 is 27.6. The Morgan fingerprint density at radius 2 is 1.91 bits per heavy atom. The van der Waals surface area contributed by atoms with E-state index < -0.39 is 16.0 Å². The minimum absolute atomic E-state index is 0.127. The second-order valence-corrected chi connectivity index (χ2v) is 8.03. The van der Waals surface area contributed by atoms with Gasteiger partial charge in [0, 0.05) is 30.0 Å². The molecule has 0 fully saturated rings. The summed E-state index contributed by atoms with van der Waals surface area (Å²) in [6, 6.07) is 6.44. The van der Waals surface area contributed by atoms with Gasteiger partial charge in [0.15, 0.2) is 0 Å². The van der Waals surface area contributed by atoms with Crippen LogP contribution in [-0.2, 0) is 23.0 Å². The molecule has 0 aliphatic carbocycles. The number of carbonyl (C=O) groups is 1. The van der Waals surface area contributed by atoms with Crippen molar-refractivity contribution in [2.75, 3.05) is 6.54 Å². The summed E-state index contributed by atoms with van der Waals surface area (Å²) in [7, 11) is -3.62. The van der Waals surface area contributed by atoms with E-state index in [-0.39, 0.29) is 23.5 Å². The van der Waals surface area contributed by atoms with Crippen LogP contribution in [0.25, 0.3) is 0 Å². The van der Waals surface area contributed by atoms with Gasteiger partial charge in [-0.2, -0.15) is 4.31 Å². The molecule has 0 amide bonds. The van der Waals surface area contributed by atoms with E-state index in [1.165, 1.54) is 16.7 Å². The van der Waals surface area contributed by atoms with Gasteiger partial charge in [0.25, 0.3) is 0 Å². The van der Waals surface area contributed by atoms with Gasteiger partial charge in [0.05, 0.1) is 10.5 Å². The zero-order valence-electron chi connectivity index (χ0n) is 11.9. The van der Waals surface area contributed by atoms with Crippen LogP contribution in [0.5, 0.6) is 0 Å². The van der Waals surface area contributed by atoms with Crippen LogP contribution < -0.4 is 0 Å². The summed E-state index contributed by atoms with van der Waals surface area (Å²) in [4.78, 5) is 15.4. The number of carboxylic acid groups (broad SMARTS) is 1. The number of halogens is 1. The topological polar surface area (TPSA) is 87.6 Å². The van der Waals surface area contributed by atoms with Gasteiger partial charge >= 0.3 is 5.97 Å². The van der Waals surface area contributed by atoms with Crippen molar-refractivity contribution in [1.29, 1.82) is 0 Å². The summed E-state index contributed by atoms with van der Waals surface area (Å²) in [5, 5.41) is 9.19. The zero-order chi connectivity index (χ0) is 16.6. The molecule has 2 aromatic rings. The van der Waals surface area contributed by atoms with Gasteiger partial charge < -0.3 is 5.11 Å². The van der Waals surface area contributed by atoms with Crippen molar-refractivity contribution < 1.29 is 18.3 Å². The van der Waals surface area contributed by atoms with Crippen molar-refractivity contribution in [2.24, 2.45) is 0 Å². The summed E-state index contributed by atoms with van der Waals surface area (Å²) in [5.74, 6) is -1.04. The molecule has 23 heavy (non-hydrogen) atoms. The Kier molecular flexibility index (Phi) is 4.22. The Balaban J connectivity index is 1.94. The van der Waals surface area contributed by atoms with Gasteiger partial charge in [-0.25, -0.2) is 13.2 Å². The molecule has 1 aliphatic heterocycles. The van der Waals surface area contributed by atoms with E-state index >= 15 is 0 Å². The molecule has 3 rings (SSSR count). The highest BCUT2D eigenvalue weighted by atomic mass is 79.9. The van der Waals surface area contributed by atoms with E-state index in [4.69, 9.17) is 0 Å². The van der Waals surface area contributed by atoms with Crippen molar-refractivity contribution in [1.82, 2.24) is 9.29 Å². The van der Waals surface area contributed by atoms with Crippen LogP contribution in [0.3, 0.4) is 0 Å². The van der Waals surface area contributed by atoms with E-state index in [0.29, 0.717) is 17.5 Å². The van der Waals surface area contributed by atoms with Gasteiger partial charge in [0.1, 0.15) is 0 Å². The summed E-state index contributed by atoms with van der Waals surface area (Å²) in [5.41, 5.74) is 1.44. The molecular weight excluding hydrogens is 384 g/mol. The molecule has 0 atom stereocenters. The molecule has 0 saturated carbocycles. The van der Waals surface area contributed by atoms with Crippen LogP contribution in [-0.4, -0.2) is 35.3 Å². The number of fused-ring (bicyclic) bond motifs is 1. The van der Waals surface area contributed by atoms with Gasteiger partial charge in [0.2, 0.25) is 10.0 Å². The molecule has 1 aliphatic rings. The molecule has 1 aromatic carbocycles. The SMILES string of the molecule is O=C(O)c1cncc2c1CCN(S(=O)(=O)c1ccc(Br)cc1)C2. The fourth-order valence-electron chi connectivity index (χ4n) is 2.61. The standard InChI is InChI=1S/C15H13BrN2O4S/c16-11-1-3-12(4-2-11)23(21,22)18-6-5-13-10(9-18)7-17-8-14(13)15(19)20/h1-4,7-8H,5-6,9H2,(H,19,20). The average Bonchev–Trinajstić information content (AvgIpc) is 2.54. The predicted octanol–water partition coefficient (Wildman–Crippen LogP) is 2.29. The van der Waals surface area contributed by atoms with Gasteiger partial charge in [-0.1, -0.05) is 15.9 Å². The molecule has 6 nitrogen and oxygen atoms in total. The smallest absolute Gasteiger partial charge is 0.337 e. The van der Waals surface area contributed by atoms with Crippen LogP contribution >= 0.6 is 15.9 Å². The van der Waals surface area contributed by atoms with E-state index in [9.17, 15) is 18.3 Å². The molecule has 0 spiro atoms. The number of hydrogen-bond donors (Lipinski definition) is 1. The molecule has 0 radical (unpaired) electrons. The maximum absolute atomic E-state index is 12.7. The molecule has 120 valence electrons. The minimum Gasteiger partial charge on any atom is -0.478 e. The second-order valence-electron chi connectivity index (χ2n) is 5.17. The molecule has 2 heterocycles. The molecular formula is C15H13BrN2O4S. The Labute approximate surface area is 142 Å². The number of hydrogen-bond acceptors (Lipinski definition) is 4. The third kappa shape index (κ3) is 3.01. The molecule has 1 aromatic heterocycles. The highest BCUT2D eigenvalue weighted by Gasteiger charge is 2.30. The van der Waals surface area contributed by atoms with Gasteiger partial charge in [-0.05, 0) is 41.8 Å². The first kappa shape index (κ1) is 16.1. The van der Waals surface area contributed by atoms with E-state index in [1.807, 2.05) is 0 Å². The first-order valence-corrected chi connectivity index (χ1v) is 9.07. The largest absolute Gasteiger partial charge is 0.478 e. The van der Waals surface area contributed by atoms with Crippen LogP contribution in [0.15, 0.2) is 46.0 Å². The molecule has 1 N–H and O–H groups in total. The molecule has 0 unspecified atom stereocenters. The van der Waals surface area contributed by atoms with Crippen LogP contribution in [0.1, 0.15) is 21.5 Å². The number of aromatic carboxylic acids is 1. The van der Waals surface area contributed by atoms with Crippen LogP contribution in [0.2, 0.25) is 0 Å². The van der Waals surface area contributed by atoms with Crippen molar-refractivity contribution in [3.8, 4) is 0 Å².